The molecule has 0 bridgehead atoms. The van der Waals surface area contributed by atoms with Crippen LogP contribution < -0.4 is 5.32 Å². The third-order valence-electron chi connectivity index (χ3n) is 7.74. The summed E-state index contributed by atoms with van der Waals surface area (Å²) in [7, 11) is -1.80. The number of hydrogen-bond donors (Lipinski definition) is 2. The number of carbonyl (C=O) groups is 1. The zero-order valence-electron chi connectivity index (χ0n) is 21.7. The lowest BCUT2D eigenvalue weighted by atomic mass is 9.81. The van der Waals surface area contributed by atoms with Gasteiger partial charge in [-0.3, -0.25) is 4.79 Å². The molecule has 38 heavy (non-hydrogen) atoms. The molecule has 200 valence electrons. The van der Waals surface area contributed by atoms with Gasteiger partial charge in [0.05, 0.1) is 11.0 Å². The Morgan fingerprint density at radius 2 is 1.79 bits per heavy atom. The zero-order chi connectivity index (χ0) is 26.9. The summed E-state index contributed by atoms with van der Waals surface area (Å²) in [5.41, 5.74) is 3.40. The molecule has 2 aromatic rings. The first-order chi connectivity index (χ1) is 18.3. The Hall–Kier alpha value is -3.27. The van der Waals surface area contributed by atoms with Crippen molar-refractivity contribution in [3.63, 3.8) is 0 Å². The minimum Gasteiger partial charge on any atom is -0.393 e. The summed E-state index contributed by atoms with van der Waals surface area (Å²) in [6, 6.07) is 14.5. The van der Waals surface area contributed by atoms with Gasteiger partial charge in [0, 0.05) is 49.2 Å². The number of amidine groups is 1. The normalized spacial score (nSPS) is 22.9. The van der Waals surface area contributed by atoms with E-state index in [0.717, 1.165) is 29.7 Å². The number of piperidine rings is 1. The summed E-state index contributed by atoms with van der Waals surface area (Å²) >= 11 is 0. The molecule has 1 saturated heterocycles. The van der Waals surface area contributed by atoms with E-state index in [1.54, 1.807) is 42.4 Å². The van der Waals surface area contributed by atoms with E-state index in [0.29, 0.717) is 37.5 Å². The number of amides is 1. The van der Waals surface area contributed by atoms with Crippen LogP contribution in [-0.4, -0.2) is 60.7 Å². The molecule has 8 nitrogen and oxygen atoms in total. The number of allylic oxidation sites excluding steroid dienone is 1. The molecule has 0 aromatic heterocycles. The van der Waals surface area contributed by atoms with Crippen molar-refractivity contribution >= 4 is 27.5 Å². The lowest BCUT2D eigenvalue weighted by molar-refractivity contribution is 0.0817. The molecule has 2 N–H and O–H groups in total. The van der Waals surface area contributed by atoms with E-state index in [9.17, 15) is 18.3 Å². The van der Waals surface area contributed by atoms with Crippen LogP contribution in [0.2, 0.25) is 0 Å². The van der Waals surface area contributed by atoms with E-state index in [-0.39, 0.29) is 22.6 Å². The van der Waals surface area contributed by atoms with E-state index < -0.39 is 16.1 Å². The van der Waals surface area contributed by atoms with Crippen LogP contribution in [-0.2, 0) is 10.0 Å². The van der Waals surface area contributed by atoms with Crippen LogP contribution in [0.1, 0.15) is 54.4 Å². The minimum atomic E-state index is -3.60. The number of nitrogens with zero attached hydrogens (tertiary/aromatic N) is 3. The van der Waals surface area contributed by atoms with Crippen molar-refractivity contribution in [3.05, 3.63) is 83.7 Å². The van der Waals surface area contributed by atoms with Crippen LogP contribution in [0.15, 0.2) is 82.5 Å². The Balaban J connectivity index is 1.35. The Labute approximate surface area is 224 Å². The van der Waals surface area contributed by atoms with Crippen molar-refractivity contribution in [1.82, 2.24) is 9.21 Å². The van der Waals surface area contributed by atoms with Gasteiger partial charge >= 0.3 is 0 Å². The Morgan fingerprint density at radius 3 is 2.50 bits per heavy atom. The maximum absolute atomic E-state index is 13.4. The molecule has 2 unspecified atom stereocenters. The van der Waals surface area contributed by atoms with Gasteiger partial charge in [0.25, 0.3) is 5.91 Å². The molecular formula is C29H34N4O4S. The van der Waals surface area contributed by atoms with Crippen molar-refractivity contribution in [2.75, 3.05) is 25.5 Å². The average molecular weight is 535 g/mol. The molecule has 3 aliphatic heterocycles. The topological polar surface area (TPSA) is 102 Å². The van der Waals surface area contributed by atoms with Gasteiger partial charge in [0.2, 0.25) is 10.0 Å². The van der Waals surface area contributed by atoms with Gasteiger partial charge in [-0.15, -0.1) is 0 Å². The number of nitrogens with one attached hydrogen (secondary N) is 1. The van der Waals surface area contributed by atoms with E-state index in [1.807, 2.05) is 24.3 Å². The molecule has 1 fully saturated rings. The smallest absolute Gasteiger partial charge is 0.258 e. The number of carbonyl (C=O) groups excluding carboxylic acids is 1. The number of benzene rings is 2. The number of aliphatic imine (C=N–C) groups is 1. The number of hydrogen-bond acceptors (Lipinski definition) is 6. The van der Waals surface area contributed by atoms with E-state index in [2.05, 4.69) is 29.4 Å². The number of aliphatic hydroxyl groups is 1. The summed E-state index contributed by atoms with van der Waals surface area (Å²) in [6.07, 6.45) is 8.05. The van der Waals surface area contributed by atoms with Gasteiger partial charge in [-0.25, -0.2) is 13.4 Å². The van der Waals surface area contributed by atoms with E-state index in [1.165, 1.54) is 4.31 Å². The molecule has 0 aliphatic carbocycles. The van der Waals surface area contributed by atoms with Gasteiger partial charge < -0.3 is 15.3 Å². The molecule has 1 amide bonds. The fourth-order valence-electron chi connectivity index (χ4n) is 5.44. The summed E-state index contributed by atoms with van der Waals surface area (Å²) in [5.74, 6) is 0.862. The number of anilines is 1. The van der Waals surface area contributed by atoms with Gasteiger partial charge in [0.15, 0.2) is 0 Å². The summed E-state index contributed by atoms with van der Waals surface area (Å²) in [4.78, 5) is 19.9. The van der Waals surface area contributed by atoms with Crippen LogP contribution in [0, 0.1) is 5.92 Å². The third-order valence-corrected chi connectivity index (χ3v) is 9.66. The average Bonchev–Trinajstić information content (AvgIpc) is 3.12. The highest BCUT2D eigenvalue weighted by Crippen LogP contribution is 2.38. The highest BCUT2D eigenvalue weighted by molar-refractivity contribution is 7.89. The predicted molar refractivity (Wildman–Crippen MR) is 148 cm³/mol. The Morgan fingerprint density at radius 1 is 1.08 bits per heavy atom. The highest BCUT2D eigenvalue weighted by Gasteiger charge is 2.32. The van der Waals surface area contributed by atoms with E-state index >= 15 is 0 Å². The Bertz CT molecular complexity index is 1390. The quantitative estimate of drug-likeness (QED) is 0.608. The molecule has 0 saturated carbocycles. The van der Waals surface area contributed by atoms with Gasteiger partial charge in [-0.1, -0.05) is 31.2 Å². The summed E-state index contributed by atoms with van der Waals surface area (Å²) in [6.45, 7) is 2.80. The largest absolute Gasteiger partial charge is 0.393 e. The van der Waals surface area contributed by atoms with E-state index in [4.69, 9.17) is 0 Å². The molecule has 0 radical (unpaired) electrons. The third kappa shape index (κ3) is 5.18. The molecule has 5 rings (SSSR count). The standard InChI is InChI=1S/C29H34N4O4S/c1-3-20-18-21-8-13-28(30-19-27(21)32(2)29(35)26-7-5-4-6-25(20)26)31-22-9-11-24(12-10-22)38(36,37)33-16-14-23(34)15-17-33/h4-13,19-21,23,34H,3,14-18H2,1-2H3,(H,30,31). The van der Waals surface area contributed by atoms with Crippen LogP contribution in [0.3, 0.4) is 0 Å². The SMILES string of the molecule is CCC1CC2C=CC(Nc3ccc(S(=O)(=O)N4CCC(O)CC4)cc3)=NC=C2N(C)C(=O)c2ccccc21. The first-order valence-corrected chi connectivity index (χ1v) is 14.6. The van der Waals surface area contributed by atoms with Gasteiger partial charge in [0.1, 0.15) is 5.84 Å². The zero-order valence-corrected chi connectivity index (χ0v) is 22.6. The van der Waals surface area contributed by atoms with Crippen LogP contribution in [0.4, 0.5) is 5.69 Å². The molecule has 2 aromatic carbocycles. The minimum absolute atomic E-state index is 0.0286. The summed E-state index contributed by atoms with van der Waals surface area (Å²) < 4.78 is 27.4. The maximum atomic E-state index is 13.4. The van der Waals surface area contributed by atoms with Crippen molar-refractivity contribution < 1.29 is 18.3 Å². The first kappa shape index (κ1) is 26.3. The van der Waals surface area contributed by atoms with Crippen molar-refractivity contribution in [1.29, 1.82) is 0 Å². The van der Waals surface area contributed by atoms with Crippen molar-refractivity contribution in [2.45, 2.75) is 49.5 Å². The fraction of sp³-hybridized carbons (Fsp3) is 0.379. The highest BCUT2D eigenvalue weighted by atomic mass is 32.2. The second-order valence-electron chi connectivity index (χ2n) is 10.1. The van der Waals surface area contributed by atoms with Gasteiger partial charge in [-0.2, -0.15) is 4.31 Å². The predicted octanol–water partition coefficient (Wildman–Crippen LogP) is 4.34. The molecule has 9 heteroatoms. The molecule has 3 heterocycles. The first-order valence-electron chi connectivity index (χ1n) is 13.2. The monoisotopic (exact) mass is 534 g/mol. The van der Waals surface area contributed by atoms with Crippen molar-refractivity contribution in [2.24, 2.45) is 10.9 Å². The second-order valence-corrected chi connectivity index (χ2v) is 12.0. The molecule has 3 aliphatic rings. The van der Waals surface area contributed by atoms with Gasteiger partial charge in [-0.05, 0) is 73.6 Å². The number of aliphatic hydroxyl groups excluding tert-OH is 1. The summed E-state index contributed by atoms with van der Waals surface area (Å²) in [5, 5.41) is 13.0. The van der Waals surface area contributed by atoms with Crippen molar-refractivity contribution in [3.8, 4) is 0 Å². The van der Waals surface area contributed by atoms with Crippen LogP contribution in [0.25, 0.3) is 0 Å². The van der Waals surface area contributed by atoms with Crippen LogP contribution in [0.5, 0.6) is 0 Å². The fourth-order valence-corrected chi connectivity index (χ4v) is 6.91. The lowest BCUT2D eigenvalue weighted by Crippen LogP contribution is -2.39. The molecule has 2 atom stereocenters. The van der Waals surface area contributed by atoms with Crippen LogP contribution >= 0.6 is 0 Å². The number of fused-ring (bicyclic) bond motifs is 2. The second kappa shape index (κ2) is 10.8. The molecule has 0 spiro atoms. The number of rotatable bonds is 4. The number of sulfonamides is 1. The molecular weight excluding hydrogens is 500 g/mol. The lowest BCUT2D eigenvalue weighted by Gasteiger charge is -2.32. The Kier molecular flexibility index (Phi) is 7.52. The maximum Gasteiger partial charge on any atom is 0.258 e.